The Hall–Kier alpha value is -2.29. The lowest BCUT2D eigenvalue weighted by Crippen LogP contribution is -2.44. The molecular formula is C18H19F2N5O2S2. The van der Waals surface area contributed by atoms with Gasteiger partial charge >= 0.3 is 0 Å². The summed E-state index contributed by atoms with van der Waals surface area (Å²) < 4.78 is 55.2. The van der Waals surface area contributed by atoms with Gasteiger partial charge in [0, 0.05) is 30.1 Å². The number of halogens is 2. The number of nitriles is 1. The van der Waals surface area contributed by atoms with E-state index in [0.717, 1.165) is 17.8 Å². The van der Waals surface area contributed by atoms with Crippen molar-refractivity contribution >= 4 is 32.2 Å². The molecule has 2 aromatic rings. The van der Waals surface area contributed by atoms with Crippen molar-refractivity contribution in [1.82, 2.24) is 9.88 Å². The molecule has 0 bridgehead atoms. The van der Waals surface area contributed by atoms with Gasteiger partial charge in [0.05, 0.1) is 22.7 Å². The van der Waals surface area contributed by atoms with E-state index >= 15 is 0 Å². The van der Waals surface area contributed by atoms with Crippen LogP contribution in [0.5, 0.6) is 0 Å². The molecule has 2 saturated heterocycles. The number of alkyl halides is 2. The van der Waals surface area contributed by atoms with Gasteiger partial charge in [-0.3, -0.25) is 9.62 Å². The number of fused-ring (bicyclic) bond motifs is 1. The molecule has 0 unspecified atom stereocenters. The van der Waals surface area contributed by atoms with E-state index in [4.69, 9.17) is 0 Å². The second kappa shape index (κ2) is 7.19. The largest absolute Gasteiger partial charge is 0.382 e. The van der Waals surface area contributed by atoms with Crippen LogP contribution in [-0.2, 0) is 10.0 Å². The second-order valence-electron chi connectivity index (χ2n) is 7.40. The Morgan fingerprint density at radius 3 is 2.93 bits per heavy atom. The van der Waals surface area contributed by atoms with Crippen LogP contribution in [0, 0.1) is 11.3 Å². The number of nitrogens with zero attached hydrogens (tertiary/aromatic N) is 3. The third kappa shape index (κ3) is 3.92. The number of hydrogen-bond acceptors (Lipinski definition) is 7. The van der Waals surface area contributed by atoms with Crippen LogP contribution in [-0.4, -0.2) is 49.4 Å². The molecule has 0 saturated carbocycles. The fourth-order valence-electron chi connectivity index (χ4n) is 4.17. The summed E-state index contributed by atoms with van der Waals surface area (Å²) in [5.41, 5.74) is -0.0669. The van der Waals surface area contributed by atoms with E-state index in [-0.39, 0.29) is 35.1 Å². The van der Waals surface area contributed by atoms with E-state index in [1.54, 1.807) is 5.38 Å². The summed E-state index contributed by atoms with van der Waals surface area (Å²) in [6.07, 6.45) is 2.80. The summed E-state index contributed by atoms with van der Waals surface area (Å²) in [7, 11) is -3.88. The molecule has 2 fully saturated rings. The number of rotatable bonds is 6. The van der Waals surface area contributed by atoms with Crippen LogP contribution < -0.4 is 10.0 Å². The van der Waals surface area contributed by atoms with Crippen molar-refractivity contribution in [3.05, 3.63) is 35.3 Å². The smallest absolute Gasteiger partial charge is 0.263 e. The second-order valence-corrected chi connectivity index (χ2v) is 9.97. The molecule has 4 rings (SSSR count). The van der Waals surface area contributed by atoms with Gasteiger partial charge in [-0.2, -0.15) is 5.26 Å². The molecule has 0 spiro atoms. The van der Waals surface area contributed by atoms with Gasteiger partial charge in [-0.25, -0.2) is 22.2 Å². The molecule has 154 valence electrons. The maximum Gasteiger partial charge on any atom is 0.263 e. The van der Waals surface area contributed by atoms with Crippen molar-refractivity contribution in [1.29, 1.82) is 5.26 Å². The molecular weight excluding hydrogens is 420 g/mol. The predicted molar refractivity (Wildman–Crippen MR) is 106 cm³/mol. The van der Waals surface area contributed by atoms with E-state index in [0.29, 0.717) is 18.7 Å². The predicted octanol–water partition coefficient (Wildman–Crippen LogP) is 3.10. The van der Waals surface area contributed by atoms with Gasteiger partial charge in [-0.05, 0) is 37.6 Å². The minimum Gasteiger partial charge on any atom is -0.382 e. The van der Waals surface area contributed by atoms with Crippen LogP contribution in [0.4, 0.5) is 19.6 Å². The molecule has 0 aliphatic carbocycles. The molecule has 11 heteroatoms. The first-order chi connectivity index (χ1) is 13.7. The maximum atomic E-state index is 13.9. The Kier molecular flexibility index (Phi) is 4.96. The van der Waals surface area contributed by atoms with Crippen LogP contribution in [0.2, 0.25) is 0 Å². The maximum absolute atomic E-state index is 13.9. The zero-order valence-corrected chi connectivity index (χ0v) is 17.0. The quantitative estimate of drug-likeness (QED) is 0.718. The third-order valence-corrected chi connectivity index (χ3v) is 7.59. The normalized spacial score (nSPS) is 23.5. The van der Waals surface area contributed by atoms with Crippen LogP contribution in [0.25, 0.3) is 0 Å². The van der Waals surface area contributed by atoms with Crippen LogP contribution in [0.15, 0.2) is 34.7 Å². The standard InChI is InChI=1S/C18H19F2N5O2S2/c19-18(20)10-17(4-1-6-25(17)12-18)11-23-15-3-2-14(8-13(15)9-21)29(26,27)24-16-22-5-7-28-16/h2-3,5,7-8,23H,1,4,6,10-12H2,(H,22,24)/t17-/m1/s1. The SMILES string of the molecule is N#Cc1cc(S(=O)(=O)Nc2nccs2)ccc1NC[C@]12CCCN1CC(F)(F)C2. The highest BCUT2D eigenvalue weighted by Crippen LogP contribution is 2.46. The fraction of sp³-hybridized carbons (Fsp3) is 0.444. The minimum absolute atomic E-state index is 0.0668. The average Bonchev–Trinajstić information content (AvgIpc) is 3.34. The van der Waals surface area contributed by atoms with Gasteiger partial charge in [0.2, 0.25) is 0 Å². The lowest BCUT2D eigenvalue weighted by Gasteiger charge is -2.32. The number of anilines is 2. The van der Waals surface area contributed by atoms with Gasteiger partial charge in [-0.1, -0.05) is 0 Å². The molecule has 0 amide bonds. The Morgan fingerprint density at radius 2 is 2.21 bits per heavy atom. The van der Waals surface area contributed by atoms with E-state index in [1.807, 2.05) is 11.0 Å². The highest BCUT2D eigenvalue weighted by molar-refractivity contribution is 7.93. The van der Waals surface area contributed by atoms with E-state index < -0.39 is 21.5 Å². The van der Waals surface area contributed by atoms with Crippen LogP contribution >= 0.6 is 11.3 Å². The first kappa shape index (κ1) is 20.0. The third-order valence-electron chi connectivity index (χ3n) is 5.43. The Morgan fingerprint density at radius 1 is 1.38 bits per heavy atom. The fourth-order valence-corrected chi connectivity index (χ4v) is 5.98. The molecule has 29 heavy (non-hydrogen) atoms. The summed E-state index contributed by atoms with van der Waals surface area (Å²) >= 11 is 1.14. The Labute approximate surface area is 171 Å². The van der Waals surface area contributed by atoms with Gasteiger partial charge in [0.1, 0.15) is 6.07 Å². The summed E-state index contributed by atoms with van der Waals surface area (Å²) in [5, 5.41) is 14.5. The first-order valence-electron chi connectivity index (χ1n) is 9.06. The monoisotopic (exact) mass is 439 g/mol. The van der Waals surface area contributed by atoms with Gasteiger partial charge in [0.25, 0.3) is 15.9 Å². The number of hydrogen-bond donors (Lipinski definition) is 2. The summed E-state index contributed by atoms with van der Waals surface area (Å²) in [6.45, 7) is 0.683. The van der Waals surface area contributed by atoms with Gasteiger partial charge < -0.3 is 5.32 Å². The average molecular weight is 440 g/mol. The number of nitrogens with one attached hydrogen (secondary N) is 2. The van der Waals surface area contributed by atoms with Crippen molar-refractivity contribution < 1.29 is 17.2 Å². The van der Waals surface area contributed by atoms with Crippen molar-refractivity contribution in [2.24, 2.45) is 0 Å². The molecule has 2 aliphatic rings. The molecule has 1 aromatic heterocycles. The van der Waals surface area contributed by atoms with Crippen molar-refractivity contribution in [2.75, 3.05) is 29.7 Å². The molecule has 3 heterocycles. The van der Waals surface area contributed by atoms with Crippen molar-refractivity contribution in [3.63, 3.8) is 0 Å². The van der Waals surface area contributed by atoms with Crippen molar-refractivity contribution in [2.45, 2.75) is 35.6 Å². The van der Waals surface area contributed by atoms with E-state index in [1.165, 1.54) is 24.4 Å². The van der Waals surface area contributed by atoms with E-state index in [2.05, 4.69) is 15.0 Å². The summed E-state index contributed by atoms with van der Waals surface area (Å²) in [6, 6.07) is 6.14. The van der Waals surface area contributed by atoms with E-state index in [9.17, 15) is 22.5 Å². The number of benzene rings is 1. The molecule has 2 aliphatic heterocycles. The Balaban J connectivity index is 1.53. The number of sulfonamides is 1. The minimum atomic E-state index is -3.88. The zero-order chi connectivity index (χ0) is 20.7. The molecule has 0 radical (unpaired) electrons. The molecule has 7 nitrogen and oxygen atoms in total. The van der Waals surface area contributed by atoms with Crippen LogP contribution in [0.1, 0.15) is 24.8 Å². The van der Waals surface area contributed by atoms with Crippen LogP contribution in [0.3, 0.4) is 0 Å². The van der Waals surface area contributed by atoms with Gasteiger partial charge in [-0.15, -0.1) is 11.3 Å². The highest BCUT2D eigenvalue weighted by Gasteiger charge is 2.56. The molecule has 1 aromatic carbocycles. The lowest BCUT2D eigenvalue weighted by molar-refractivity contribution is 0.00976. The van der Waals surface area contributed by atoms with Gasteiger partial charge in [0.15, 0.2) is 5.13 Å². The molecule has 2 N–H and O–H groups in total. The number of aromatic nitrogens is 1. The Bertz CT molecular complexity index is 1050. The topological polar surface area (TPSA) is 98.1 Å². The molecule has 1 atom stereocenters. The summed E-state index contributed by atoms with van der Waals surface area (Å²) in [5.74, 6) is -2.71. The van der Waals surface area contributed by atoms with Crippen molar-refractivity contribution in [3.8, 4) is 6.07 Å². The first-order valence-corrected chi connectivity index (χ1v) is 11.4. The lowest BCUT2D eigenvalue weighted by atomic mass is 9.92. The highest BCUT2D eigenvalue weighted by atomic mass is 32.2. The summed E-state index contributed by atoms with van der Waals surface area (Å²) in [4.78, 5) is 5.64. The number of thiazole rings is 1. The zero-order valence-electron chi connectivity index (χ0n) is 15.4.